The molecule has 0 aliphatic heterocycles. The van der Waals surface area contributed by atoms with Crippen LogP contribution in [0.3, 0.4) is 0 Å². The zero-order valence-electron chi connectivity index (χ0n) is 15.5. The van der Waals surface area contributed by atoms with Crippen LogP contribution in [0.25, 0.3) is 0 Å². The molecule has 0 saturated carbocycles. The van der Waals surface area contributed by atoms with Crippen molar-refractivity contribution in [2.75, 3.05) is 19.0 Å². The van der Waals surface area contributed by atoms with Crippen molar-refractivity contribution in [2.45, 2.75) is 33.3 Å². The summed E-state index contributed by atoms with van der Waals surface area (Å²) in [7, 11) is 1.44. The molecule has 0 saturated heterocycles. The largest absolute Gasteiger partial charge is 0.493 e. The summed E-state index contributed by atoms with van der Waals surface area (Å²) in [5, 5.41) is 6.42. The van der Waals surface area contributed by atoms with Gasteiger partial charge in [-0.2, -0.15) is 0 Å². The maximum Gasteiger partial charge on any atom is 0.339 e. The smallest absolute Gasteiger partial charge is 0.339 e. The maximum atomic E-state index is 12.5. The number of carbonyl (C=O) groups excluding carboxylic acids is 2. The number of anilines is 1. The lowest BCUT2D eigenvalue weighted by Crippen LogP contribution is -2.32. The molecule has 0 bridgehead atoms. The van der Waals surface area contributed by atoms with Gasteiger partial charge in [0.15, 0.2) is 23.4 Å². The number of hydrogen-bond donors (Lipinski definition) is 1. The minimum absolute atomic E-state index is 0.142. The molecule has 0 radical (unpaired) electrons. The molecule has 0 fully saturated rings. The molecule has 2 rings (SSSR count). The Morgan fingerprint density at radius 3 is 2.59 bits per heavy atom. The Morgan fingerprint density at radius 1 is 1.30 bits per heavy atom. The van der Waals surface area contributed by atoms with Crippen molar-refractivity contribution in [3.63, 3.8) is 0 Å². The first-order chi connectivity index (χ1) is 12.9. The molecule has 1 aromatic heterocycles. The first kappa shape index (κ1) is 20.6. The van der Waals surface area contributed by atoms with Gasteiger partial charge in [-0.25, -0.2) is 4.79 Å². The molecule has 1 atom stereocenters. The van der Waals surface area contributed by atoms with Crippen molar-refractivity contribution >= 4 is 29.3 Å². The number of aromatic nitrogens is 1. The number of benzene rings is 1. The van der Waals surface area contributed by atoms with Gasteiger partial charge in [-0.15, -0.1) is 0 Å². The molecule has 1 unspecified atom stereocenters. The van der Waals surface area contributed by atoms with Gasteiger partial charge in [-0.05, 0) is 32.4 Å². The summed E-state index contributed by atoms with van der Waals surface area (Å²) in [6.07, 6.45) is -0.734. The fourth-order valence-corrected chi connectivity index (χ4v) is 2.54. The molecule has 146 valence electrons. The third-order valence-electron chi connectivity index (χ3n) is 3.55. The molecule has 1 N–H and O–H groups in total. The van der Waals surface area contributed by atoms with E-state index in [2.05, 4.69) is 10.5 Å². The number of nitrogens with zero attached hydrogens (tertiary/aromatic N) is 1. The van der Waals surface area contributed by atoms with E-state index in [9.17, 15) is 9.59 Å². The van der Waals surface area contributed by atoms with E-state index in [4.69, 9.17) is 30.3 Å². The van der Waals surface area contributed by atoms with E-state index in [1.807, 2.05) is 0 Å². The van der Waals surface area contributed by atoms with Gasteiger partial charge in [0.2, 0.25) is 0 Å². The summed E-state index contributed by atoms with van der Waals surface area (Å²) in [6, 6.07) is 4.41. The normalized spacial score (nSPS) is 11.6. The number of carbonyl (C=O) groups is 2. The number of methoxy groups -OCH3 is 1. The Morgan fingerprint density at radius 2 is 2.04 bits per heavy atom. The van der Waals surface area contributed by atoms with Gasteiger partial charge < -0.3 is 24.1 Å². The van der Waals surface area contributed by atoms with Crippen molar-refractivity contribution in [3.8, 4) is 11.5 Å². The summed E-state index contributed by atoms with van der Waals surface area (Å²) in [5.74, 6) is 0.209. The minimum atomic E-state index is -1.01. The van der Waals surface area contributed by atoms with Crippen molar-refractivity contribution in [3.05, 3.63) is 34.5 Å². The predicted molar refractivity (Wildman–Crippen MR) is 98.5 cm³/mol. The van der Waals surface area contributed by atoms with Crippen LogP contribution in [0.1, 0.15) is 36.4 Å². The summed E-state index contributed by atoms with van der Waals surface area (Å²) in [5.41, 5.74) is 0.142. The van der Waals surface area contributed by atoms with Crippen LogP contribution in [-0.4, -0.2) is 36.9 Å². The van der Waals surface area contributed by atoms with Crippen LogP contribution >= 0.6 is 11.6 Å². The molecule has 0 aliphatic carbocycles. The van der Waals surface area contributed by atoms with Gasteiger partial charge >= 0.3 is 5.97 Å². The van der Waals surface area contributed by atoms with E-state index in [1.54, 1.807) is 26.8 Å². The van der Waals surface area contributed by atoms with Crippen LogP contribution < -0.4 is 14.8 Å². The number of aryl methyl sites for hydroxylation is 1. The molecule has 1 amide bonds. The lowest BCUT2D eigenvalue weighted by molar-refractivity contribution is -0.124. The zero-order chi connectivity index (χ0) is 20.0. The Kier molecular flexibility index (Phi) is 7.06. The second kappa shape index (κ2) is 9.27. The average molecular weight is 397 g/mol. The van der Waals surface area contributed by atoms with E-state index in [1.165, 1.54) is 19.2 Å². The molecular formula is C18H21ClN2O6. The molecule has 0 aliphatic rings. The van der Waals surface area contributed by atoms with Crippen molar-refractivity contribution in [1.82, 2.24) is 5.16 Å². The lowest BCUT2D eigenvalue weighted by atomic mass is 10.2. The van der Waals surface area contributed by atoms with Crippen LogP contribution in [0.4, 0.5) is 5.82 Å². The van der Waals surface area contributed by atoms with Gasteiger partial charge in [0.25, 0.3) is 5.91 Å². The fourth-order valence-electron chi connectivity index (χ4n) is 2.27. The molecule has 2 aromatic rings. The number of esters is 1. The van der Waals surface area contributed by atoms with Crippen LogP contribution in [0, 0.1) is 6.92 Å². The van der Waals surface area contributed by atoms with E-state index in [-0.39, 0.29) is 22.8 Å². The highest BCUT2D eigenvalue weighted by Crippen LogP contribution is 2.36. The van der Waals surface area contributed by atoms with Crippen LogP contribution in [0.5, 0.6) is 11.5 Å². The monoisotopic (exact) mass is 396 g/mol. The number of hydrogen-bond acceptors (Lipinski definition) is 7. The highest BCUT2D eigenvalue weighted by molar-refractivity contribution is 6.32. The van der Waals surface area contributed by atoms with Gasteiger partial charge in [-0.1, -0.05) is 23.7 Å². The SMILES string of the molecule is CCOc1c(Cl)cc(C(=O)OC(CC)C(=O)Nc2cc(C)on2)cc1OC. The van der Waals surface area contributed by atoms with Gasteiger partial charge in [0, 0.05) is 6.07 Å². The lowest BCUT2D eigenvalue weighted by Gasteiger charge is -2.16. The molecular weight excluding hydrogens is 376 g/mol. The minimum Gasteiger partial charge on any atom is -0.493 e. The number of rotatable bonds is 8. The topological polar surface area (TPSA) is 99.9 Å². The number of ether oxygens (including phenoxy) is 3. The Hall–Kier alpha value is -2.74. The molecule has 0 spiro atoms. The van der Waals surface area contributed by atoms with Crippen molar-refractivity contribution < 1.29 is 28.3 Å². The van der Waals surface area contributed by atoms with Crippen LogP contribution in [0.2, 0.25) is 5.02 Å². The molecule has 27 heavy (non-hydrogen) atoms. The number of nitrogens with one attached hydrogen (secondary N) is 1. The Labute approximate surface area is 161 Å². The number of amides is 1. The summed E-state index contributed by atoms with van der Waals surface area (Å²) >= 11 is 6.17. The molecule has 9 heteroatoms. The summed E-state index contributed by atoms with van der Waals surface area (Å²) in [4.78, 5) is 24.8. The van der Waals surface area contributed by atoms with Gasteiger partial charge in [-0.3, -0.25) is 4.79 Å². The second-order valence-electron chi connectivity index (χ2n) is 5.54. The van der Waals surface area contributed by atoms with Crippen LogP contribution in [-0.2, 0) is 9.53 Å². The highest BCUT2D eigenvalue weighted by atomic mass is 35.5. The standard InChI is InChI=1S/C18H21ClN2O6/c1-5-13(17(22)20-15-7-10(3)27-21-15)26-18(23)11-8-12(19)16(25-6-2)14(9-11)24-4/h7-9,13H,5-6H2,1-4H3,(H,20,21,22). The summed E-state index contributed by atoms with van der Waals surface area (Å²) in [6.45, 7) is 5.61. The molecule has 8 nitrogen and oxygen atoms in total. The van der Waals surface area contributed by atoms with Crippen molar-refractivity contribution in [1.29, 1.82) is 0 Å². The van der Waals surface area contributed by atoms with Crippen molar-refractivity contribution in [2.24, 2.45) is 0 Å². The second-order valence-corrected chi connectivity index (χ2v) is 5.94. The Bertz CT molecular complexity index is 820. The molecule has 1 heterocycles. The first-order valence-corrected chi connectivity index (χ1v) is 8.72. The predicted octanol–water partition coefficient (Wildman–Crippen LogP) is 3.62. The van der Waals surface area contributed by atoms with E-state index in [0.29, 0.717) is 23.9 Å². The first-order valence-electron chi connectivity index (χ1n) is 8.35. The van der Waals surface area contributed by atoms with Gasteiger partial charge in [0.1, 0.15) is 5.76 Å². The van der Waals surface area contributed by atoms with E-state index in [0.717, 1.165) is 0 Å². The van der Waals surface area contributed by atoms with Crippen LogP contribution in [0.15, 0.2) is 22.7 Å². The quantitative estimate of drug-likeness (QED) is 0.680. The highest BCUT2D eigenvalue weighted by Gasteiger charge is 2.24. The zero-order valence-corrected chi connectivity index (χ0v) is 16.3. The van der Waals surface area contributed by atoms with Gasteiger partial charge in [0.05, 0.1) is 24.3 Å². The number of halogens is 1. The summed E-state index contributed by atoms with van der Waals surface area (Å²) < 4.78 is 20.8. The molecule has 1 aromatic carbocycles. The maximum absolute atomic E-state index is 12.5. The van der Waals surface area contributed by atoms with E-state index >= 15 is 0 Å². The Balaban J connectivity index is 2.14. The van der Waals surface area contributed by atoms with E-state index < -0.39 is 18.0 Å². The third kappa shape index (κ3) is 5.13. The fraction of sp³-hybridized carbons (Fsp3) is 0.389. The third-order valence-corrected chi connectivity index (χ3v) is 3.83. The average Bonchev–Trinajstić information content (AvgIpc) is 3.05.